The van der Waals surface area contributed by atoms with Gasteiger partial charge in [0.15, 0.2) is 0 Å². The largest absolute Gasteiger partial charge is 0.268 e. The Kier molecular flexibility index (Phi) is 4.10. The fraction of sp³-hybridized carbons (Fsp3) is 0.308. The van der Waals surface area contributed by atoms with Gasteiger partial charge < -0.3 is 0 Å². The van der Waals surface area contributed by atoms with E-state index >= 15 is 0 Å². The molecule has 0 spiro atoms. The van der Waals surface area contributed by atoms with Crippen LogP contribution in [0.5, 0.6) is 0 Å². The molecule has 1 N–H and O–H groups in total. The van der Waals surface area contributed by atoms with Gasteiger partial charge in [0, 0.05) is 16.6 Å². The highest BCUT2D eigenvalue weighted by Gasteiger charge is 2.32. The molecule has 0 aliphatic carbocycles. The Morgan fingerprint density at radius 2 is 2.11 bits per heavy atom. The number of hydrogen-bond acceptors (Lipinski definition) is 3. The molecule has 2 rings (SSSR count). The van der Waals surface area contributed by atoms with Crippen molar-refractivity contribution in [3.8, 4) is 0 Å². The lowest BCUT2D eigenvalue weighted by molar-refractivity contribution is 0.603. The molecular formula is C13H15BrN2O2S. The van der Waals surface area contributed by atoms with Crippen molar-refractivity contribution in [2.75, 3.05) is 6.54 Å². The maximum absolute atomic E-state index is 12.2. The monoisotopic (exact) mass is 342 g/mol. The topological polar surface area (TPSA) is 58.5 Å². The minimum Gasteiger partial charge on any atom is -0.268 e. The second-order valence-corrected chi connectivity index (χ2v) is 6.84. The third kappa shape index (κ3) is 2.90. The van der Waals surface area contributed by atoms with Gasteiger partial charge in [0.1, 0.15) is 10.7 Å². The number of nitrogens with one attached hydrogen (secondary N) is 1. The SMILES string of the molecule is CCCN=C1NS(=O)(=O)C(c2cccc(Br)c2)=C1C. The first kappa shape index (κ1) is 14.3. The van der Waals surface area contributed by atoms with E-state index in [-0.39, 0.29) is 0 Å². The van der Waals surface area contributed by atoms with Gasteiger partial charge >= 0.3 is 0 Å². The third-order valence-corrected chi connectivity index (χ3v) is 4.81. The Bertz CT molecular complexity index is 663. The Morgan fingerprint density at radius 3 is 2.74 bits per heavy atom. The van der Waals surface area contributed by atoms with Gasteiger partial charge in [0.2, 0.25) is 0 Å². The van der Waals surface area contributed by atoms with Crippen LogP contribution in [0.1, 0.15) is 25.8 Å². The van der Waals surface area contributed by atoms with Crippen molar-refractivity contribution in [1.82, 2.24) is 4.72 Å². The van der Waals surface area contributed by atoms with Crippen LogP contribution < -0.4 is 4.72 Å². The zero-order chi connectivity index (χ0) is 14.0. The number of amidine groups is 1. The Balaban J connectivity index is 2.55. The molecule has 0 amide bonds. The van der Waals surface area contributed by atoms with E-state index in [1.165, 1.54) is 0 Å². The normalized spacial score (nSPS) is 19.8. The van der Waals surface area contributed by atoms with E-state index in [9.17, 15) is 8.42 Å². The number of hydrogen-bond donors (Lipinski definition) is 1. The molecule has 0 aromatic heterocycles. The van der Waals surface area contributed by atoms with Gasteiger partial charge in [-0.2, -0.15) is 0 Å². The van der Waals surface area contributed by atoms with Crippen LogP contribution in [0, 0.1) is 0 Å². The van der Waals surface area contributed by atoms with Crippen LogP contribution in [0.3, 0.4) is 0 Å². The maximum atomic E-state index is 12.2. The molecule has 0 saturated carbocycles. The molecular weight excluding hydrogens is 328 g/mol. The zero-order valence-corrected chi connectivity index (χ0v) is 13.2. The average molecular weight is 343 g/mol. The molecule has 0 radical (unpaired) electrons. The van der Waals surface area contributed by atoms with Gasteiger partial charge in [-0.15, -0.1) is 0 Å². The molecule has 19 heavy (non-hydrogen) atoms. The summed E-state index contributed by atoms with van der Waals surface area (Å²) in [6, 6.07) is 7.25. The number of sulfonamides is 1. The molecule has 1 aliphatic rings. The Morgan fingerprint density at radius 1 is 1.37 bits per heavy atom. The van der Waals surface area contributed by atoms with Crippen molar-refractivity contribution >= 4 is 36.7 Å². The molecule has 6 heteroatoms. The number of benzene rings is 1. The summed E-state index contributed by atoms with van der Waals surface area (Å²) in [6.07, 6.45) is 0.880. The predicted octanol–water partition coefficient (Wildman–Crippen LogP) is 2.92. The third-order valence-electron chi connectivity index (χ3n) is 2.78. The highest BCUT2D eigenvalue weighted by Crippen LogP contribution is 2.31. The van der Waals surface area contributed by atoms with Crippen LogP contribution in [0.2, 0.25) is 0 Å². The lowest BCUT2D eigenvalue weighted by Gasteiger charge is -2.03. The zero-order valence-electron chi connectivity index (χ0n) is 10.8. The quantitative estimate of drug-likeness (QED) is 0.917. The fourth-order valence-corrected chi connectivity index (χ4v) is 3.85. The van der Waals surface area contributed by atoms with E-state index in [1.807, 2.05) is 19.1 Å². The van der Waals surface area contributed by atoms with Gasteiger partial charge in [-0.1, -0.05) is 35.0 Å². The lowest BCUT2D eigenvalue weighted by atomic mass is 10.1. The van der Waals surface area contributed by atoms with Crippen LogP contribution in [0.4, 0.5) is 0 Å². The molecule has 1 heterocycles. The standard InChI is InChI=1S/C13H15BrN2O2S/c1-3-7-15-13-9(2)12(19(17,18)16-13)10-5-4-6-11(14)8-10/h4-6,8H,3,7H2,1-2H3,(H,15,16). The summed E-state index contributed by atoms with van der Waals surface area (Å²) in [5.41, 5.74) is 1.34. The first-order valence-corrected chi connectivity index (χ1v) is 8.28. The summed E-state index contributed by atoms with van der Waals surface area (Å²) in [6.45, 7) is 4.39. The van der Waals surface area contributed by atoms with Crippen LogP contribution in [-0.2, 0) is 10.0 Å². The van der Waals surface area contributed by atoms with E-state index in [2.05, 4.69) is 25.6 Å². The summed E-state index contributed by atoms with van der Waals surface area (Å²) in [5.74, 6) is 0.455. The van der Waals surface area contributed by atoms with Crippen molar-refractivity contribution in [2.24, 2.45) is 4.99 Å². The summed E-state index contributed by atoms with van der Waals surface area (Å²) in [7, 11) is -3.51. The van der Waals surface area contributed by atoms with Gasteiger partial charge in [-0.05, 0) is 31.0 Å². The van der Waals surface area contributed by atoms with Crippen LogP contribution in [0.25, 0.3) is 4.91 Å². The second kappa shape index (κ2) is 5.46. The second-order valence-electron chi connectivity index (χ2n) is 4.30. The average Bonchev–Trinajstić information content (AvgIpc) is 2.56. The Labute approximate surface area is 121 Å². The summed E-state index contributed by atoms with van der Waals surface area (Å²) in [4.78, 5) is 4.58. The molecule has 0 atom stereocenters. The van der Waals surface area contributed by atoms with Crippen LogP contribution in [0.15, 0.2) is 39.3 Å². The van der Waals surface area contributed by atoms with Gasteiger partial charge in [-0.25, -0.2) is 8.42 Å². The summed E-state index contributed by atoms with van der Waals surface area (Å²) < 4.78 is 27.7. The molecule has 0 fully saturated rings. The minimum absolute atomic E-state index is 0.309. The van der Waals surface area contributed by atoms with E-state index in [0.29, 0.717) is 28.4 Å². The van der Waals surface area contributed by atoms with Crippen LogP contribution in [-0.4, -0.2) is 20.8 Å². The van der Waals surface area contributed by atoms with Crippen molar-refractivity contribution in [2.45, 2.75) is 20.3 Å². The molecule has 1 aromatic carbocycles. The molecule has 0 bridgehead atoms. The van der Waals surface area contributed by atoms with Gasteiger partial charge in [0.05, 0.1) is 0 Å². The van der Waals surface area contributed by atoms with Crippen molar-refractivity contribution in [3.05, 3.63) is 39.9 Å². The van der Waals surface area contributed by atoms with Crippen LogP contribution >= 0.6 is 15.9 Å². The molecule has 1 aromatic rings. The van der Waals surface area contributed by atoms with Gasteiger partial charge in [-0.3, -0.25) is 9.71 Å². The molecule has 1 aliphatic heterocycles. The number of halogens is 1. The van der Waals surface area contributed by atoms with E-state index < -0.39 is 10.0 Å². The van der Waals surface area contributed by atoms with E-state index in [1.54, 1.807) is 19.1 Å². The lowest BCUT2D eigenvalue weighted by Crippen LogP contribution is -2.23. The molecule has 0 unspecified atom stereocenters. The molecule has 4 nitrogen and oxygen atoms in total. The summed E-state index contributed by atoms with van der Waals surface area (Å²) in [5, 5.41) is 0. The first-order chi connectivity index (χ1) is 8.95. The summed E-state index contributed by atoms with van der Waals surface area (Å²) >= 11 is 3.36. The highest BCUT2D eigenvalue weighted by molar-refractivity contribution is 9.10. The Hall–Kier alpha value is -1.14. The van der Waals surface area contributed by atoms with E-state index in [4.69, 9.17) is 0 Å². The smallest absolute Gasteiger partial charge is 0.264 e. The molecule has 102 valence electrons. The highest BCUT2D eigenvalue weighted by atomic mass is 79.9. The van der Waals surface area contributed by atoms with Crippen molar-refractivity contribution < 1.29 is 8.42 Å². The predicted molar refractivity (Wildman–Crippen MR) is 81.4 cm³/mol. The number of nitrogens with zero attached hydrogens (tertiary/aromatic N) is 1. The number of rotatable bonds is 3. The van der Waals surface area contributed by atoms with Crippen molar-refractivity contribution in [1.29, 1.82) is 0 Å². The maximum Gasteiger partial charge on any atom is 0.264 e. The van der Waals surface area contributed by atoms with Gasteiger partial charge in [0.25, 0.3) is 10.0 Å². The number of aliphatic imine (C=N–C) groups is 1. The van der Waals surface area contributed by atoms with E-state index in [0.717, 1.165) is 10.9 Å². The first-order valence-electron chi connectivity index (χ1n) is 6.00. The molecule has 0 saturated heterocycles. The minimum atomic E-state index is -3.51. The van der Waals surface area contributed by atoms with Crippen molar-refractivity contribution in [3.63, 3.8) is 0 Å². The fourth-order valence-electron chi connectivity index (χ4n) is 1.94.